The summed E-state index contributed by atoms with van der Waals surface area (Å²) in [5.41, 5.74) is 0.285. The largest absolute Gasteiger partial charge is 0.281 e. The zero-order chi connectivity index (χ0) is 11.5. The van der Waals surface area contributed by atoms with Gasteiger partial charge in [-0.05, 0) is 40.8 Å². The maximum absolute atomic E-state index is 11.2. The number of hydrogen-bond donors (Lipinski definition) is 1. The van der Waals surface area contributed by atoms with E-state index in [9.17, 15) is 8.42 Å². The fraction of sp³-hybridized carbons (Fsp3) is 0.125. The van der Waals surface area contributed by atoms with Gasteiger partial charge in [0.1, 0.15) is 0 Å². The Kier molecular flexibility index (Phi) is 4.19. The molecule has 7 heteroatoms. The van der Waals surface area contributed by atoms with Crippen LogP contribution in [0.4, 0.5) is 5.69 Å². The zero-order valence-corrected chi connectivity index (χ0v) is 11.1. The molecule has 0 aliphatic carbocycles. The van der Waals surface area contributed by atoms with Crippen LogP contribution in [0.2, 0.25) is 5.02 Å². The number of sulfonamides is 1. The van der Waals surface area contributed by atoms with E-state index in [-0.39, 0.29) is 5.69 Å². The van der Waals surface area contributed by atoms with Crippen molar-refractivity contribution in [2.75, 3.05) is 10.5 Å². The number of rotatable bonds is 3. The van der Waals surface area contributed by atoms with Gasteiger partial charge in [-0.2, -0.15) is 5.26 Å². The molecule has 0 saturated heterocycles. The lowest BCUT2D eigenvalue weighted by atomic mass is 10.3. The maximum atomic E-state index is 11.2. The fourth-order valence-corrected chi connectivity index (χ4v) is 2.58. The van der Waals surface area contributed by atoms with E-state index < -0.39 is 15.8 Å². The van der Waals surface area contributed by atoms with Crippen LogP contribution in [0.15, 0.2) is 18.2 Å². The zero-order valence-electron chi connectivity index (χ0n) is 7.37. The SMILES string of the molecule is N#CCS(=O)(=O)Nc1ccc(I)cc1Cl. The van der Waals surface area contributed by atoms with Crippen molar-refractivity contribution in [2.24, 2.45) is 0 Å². The molecule has 0 aliphatic heterocycles. The van der Waals surface area contributed by atoms with Gasteiger partial charge >= 0.3 is 0 Å². The molecular weight excluding hydrogens is 351 g/mol. The third-order valence-electron chi connectivity index (χ3n) is 1.45. The average molecular weight is 357 g/mol. The number of benzene rings is 1. The molecule has 80 valence electrons. The topological polar surface area (TPSA) is 70.0 Å². The third-order valence-corrected chi connectivity index (χ3v) is 3.47. The molecule has 0 aliphatic rings. The van der Waals surface area contributed by atoms with Gasteiger partial charge in [0.05, 0.1) is 16.8 Å². The predicted molar refractivity (Wildman–Crippen MR) is 67.2 cm³/mol. The lowest BCUT2D eigenvalue weighted by Crippen LogP contribution is -2.15. The Morgan fingerprint density at radius 3 is 2.73 bits per heavy atom. The molecular formula is C8H6ClIN2O2S. The Labute approximate surface area is 106 Å². The van der Waals surface area contributed by atoms with Crippen molar-refractivity contribution < 1.29 is 8.42 Å². The van der Waals surface area contributed by atoms with Crippen molar-refractivity contribution in [3.05, 3.63) is 26.8 Å². The molecule has 0 fully saturated rings. The van der Waals surface area contributed by atoms with E-state index in [1.807, 2.05) is 0 Å². The molecule has 0 atom stereocenters. The Bertz CT molecular complexity index is 510. The van der Waals surface area contributed by atoms with Crippen molar-refractivity contribution in [3.8, 4) is 6.07 Å². The smallest absolute Gasteiger partial charge is 0.246 e. The number of nitrogens with zero attached hydrogens (tertiary/aromatic N) is 1. The lowest BCUT2D eigenvalue weighted by Gasteiger charge is -2.06. The van der Waals surface area contributed by atoms with Crippen LogP contribution in [0, 0.1) is 14.9 Å². The minimum atomic E-state index is -3.62. The highest BCUT2D eigenvalue weighted by atomic mass is 127. The highest BCUT2D eigenvalue weighted by Gasteiger charge is 2.11. The van der Waals surface area contributed by atoms with Crippen LogP contribution in [-0.2, 0) is 10.0 Å². The first-order valence-corrected chi connectivity index (χ1v) is 6.88. The normalized spacial score (nSPS) is 10.7. The van der Waals surface area contributed by atoms with E-state index in [0.717, 1.165) is 3.57 Å². The van der Waals surface area contributed by atoms with Gasteiger partial charge in [-0.1, -0.05) is 11.6 Å². The second-order valence-corrected chi connectivity index (χ2v) is 6.02. The summed E-state index contributed by atoms with van der Waals surface area (Å²) in [6.07, 6.45) is 0. The minimum Gasteiger partial charge on any atom is -0.281 e. The molecule has 0 spiro atoms. The Morgan fingerprint density at radius 2 is 2.20 bits per heavy atom. The van der Waals surface area contributed by atoms with Crippen LogP contribution in [0.25, 0.3) is 0 Å². The van der Waals surface area contributed by atoms with Gasteiger partial charge in [0.25, 0.3) is 0 Å². The molecule has 1 aromatic carbocycles. The van der Waals surface area contributed by atoms with Crippen molar-refractivity contribution in [2.45, 2.75) is 0 Å². The van der Waals surface area contributed by atoms with E-state index in [1.54, 1.807) is 24.3 Å². The second kappa shape index (κ2) is 5.01. The average Bonchev–Trinajstić information content (AvgIpc) is 2.09. The van der Waals surface area contributed by atoms with Gasteiger partial charge in [0.15, 0.2) is 5.75 Å². The standard InChI is InChI=1S/C8H6ClIN2O2S/c9-7-5-6(10)1-2-8(7)12-15(13,14)4-3-11/h1-2,5,12H,4H2. The van der Waals surface area contributed by atoms with Crippen LogP contribution < -0.4 is 4.72 Å². The third kappa shape index (κ3) is 3.85. The first kappa shape index (κ1) is 12.5. The lowest BCUT2D eigenvalue weighted by molar-refractivity contribution is 0.604. The van der Waals surface area contributed by atoms with Crippen LogP contribution >= 0.6 is 34.2 Å². The monoisotopic (exact) mass is 356 g/mol. The fourth-order valence-electron chi connectivity index (χ4n) is 0.861. The molecule has 0 amide bonds. The van der Waals surface area contributed by atoms with Crippen LogP contribution in [0.1, 0.15) is 0 Å². The highest BCUT2D eigenvalue weighted by Crippen LogP contribution is 2.24. The summed E-state index contributed by atoms with van der Waals surface area (Å²) in [6.45, 7) is 0. The number of nitrogens with one attached hydrogen (secondary N) is 1. The molecule has 0 saturated carbocycles. The van der Waals surface area contributed by atoms with E-state index in [1.165, 1.54) is 0 Å². The molecule has 0 aromatic heterocycles. The van der Waals surface area contributed by atoms with Gasteiger partial charge in [-0.25, -0.2) is 8.42 Å². The quantitative estimate of drug-likeness (QED) is 0.844. The van der Waals surface area contributed by atoms with Gasteiger partial charge in [0, 0.05) is 3.57 Å². The van der Waals surface area contributed by atoms with Crippen molar-refractivity contribution in [1.29, 1.82) is 5.26 Å². The number of hydrogen-bond acceptors (Lipinski definition) is 3. The molecule has 0 bridgehead atoms. The van der Waals surface area contributed by atoms with Crippen molar-refractivity contribution >= 4 is 49.9 Å². The summed E-state index contributed by atoms with van der Waals surface area (Å²) in [7, 11) is -3.62. The maximum Gasteiger partial charge on any atom is 0.246 e. The van der Waals surface area contributed by atoms with Crippen molar-refractivity contribution in [1.82, 2.24) is 0 Å². The Hall–Kier alpha value is -0.520. The van der Waals surface area contributed by atoms with E-state index >= 15 is 0 Å². The molecule has 0 radical (unpaired) electrons. The predicted octanol–water partition coefficient (Wildman–Crippen LogP) is 2.21. The molecule has 1 N–H and O–H groups in total. The molecule has 1 rings (SSSR count). The Morgan fingerprint density at radius 1 is 1.53 bits per heavy atom. The van der Waals surface area contributed by atoms with Crippen LogP contribution in [0.3, 0.4) is 0 Å². The summed E-state index contributed by atoms with van der Waals surface area (Å²) in [5.74, 6) is -0.588. The minimum absolute atomic E-state index is 0.285. The van der Waals surface area contributed by atoms with E-state index in [0.29, 0.717) is 5.02 Å². The molecule has 4 nitrogen and oxygen atoms in total. The number of nitriles is 1. The van der Waals surface area contributed by atoms with Gasteiger partial charge in [0.2, 0.25) is 10.0 Å². The second-order valence-electron chi connectivity index (χ2n) is 2.64. The van der Waals surface area contributed by atoms with Crippen LogP contribution in [-0.4, -0.2) is 14.2 Å². The first-order valence-electron chi connectivity index (χ1n) is 3.77. The number of anilines is 1. The summed E-state index contributed by atoms with van der Waals surface area (Å²) in [4.78, 5) is 0. The molecule has 1 aromatic rings. The summed E-state index contributed by atoms with van der Waals surface area (Å²) in [6, 6.07) is 6.47. The highest BCUT2D eigenvalue weighted by molar-refractivity contribution is 14.1. The Balaban J connectivity index is 2.96. The van der Waals surface area contributed by atoms with Crippen LogP contribution in [0.5, 0.6) is 0 Å². The van der Waals surface area contributed by atoms with E-state index in [4.69, 9.17) is 16.9 Å². The molecule has 0 heterocycles. The summed E-state index contributed by atoms with van der Waals surface area (Å²) in [5, 5.41) is 8.60. The first-order chi connectivity index (χ1) is 6.94. The summed E-state index contributed by atoms with van der Waals surface area (Å²) < 4.78 is 25.6. The number of halogens is 2. The van der Waals surface area contributed by atoms with Gasteiger partial charge < -0.3 is 0 Å². The summed E-state index contributed by atoms with van der Waals surface area (Å²) >= 11 is 7.88. The van der Waals surface area contributed by atoms with Gasteiger partial charge in [-0.3, -0.25) is 4.72 Å². The molecule has 15 heavy (non-hydrogen) atoms. The van der Waals surface area contributed by atoms with E-state index in [2.05, 4.69) is 27.3 Å². The van der Waals surface area contributed by atoms with Crippen molar-refractivity contribution in [3.63, 3.8) is 0 Å². The van der Waals surface area contributed by atoms with Gasteiger partial charge in [-0.15, -0.1) is 0 Å². The molecule has 0 unspecified atom stereocenters.